The van der Waals surface area contributed by atoms with Crippen LogP contribution in [-0.2, 0) is 16.1 Å². The van der Waals surface area contributed by atoms with Crippen LogP contribution in [0.2, 0.25) is 0 Å². The first-order valence-electron chi connectivity index (χ1n) is 8.77. The molecule has 2 amide bonds. The average Bonchev–Trinajstić information content (AvgIpc) is 2.58. The lowest BCUT2D eigenvalue weighted by atomic mass is 9.88. The van der Waals surface area contributed by atoms with Crippen LogP contribution in [0.3, 0.4) is 0 Å². The van der Waals surface area contributed by atoms with E-state index in [2.05, 4.69) is 0 Å². The SMILES string of the molecule is C[C@@H]1C(=O)N(Cc2ccccc2)CC(=O)N1CC1CCCCC1. The summed E-state index contributed by atoms with van der Waals surface area (Å²) in [5.41, 5.74) is 1.07. The molecule has 1 aromatic carbocycles. The Morgan fingerprint density at radius 1 is 1.04 bits per heavy atom. The lowest BCUT2D eigenvalue weighted by Crippen LogP contribution is -2.59. The van der Waals surface area contributed by atoms with Crippen LogP contribution in [0.5, 0.6) is 0 Å². The molecule has 0 spiro atoms. The van der Waals surface area contributed by atoms with E-state index < -0.39 is 0 Å². The molecule has 23 heavy (non-hydrogen) atoms. The van der Waals surface area contributed by atoms with Gasteiger partial charge in [-0.1, -0.05) is 49.6 Å². The van der Waals surface area contributed by atoms with Crippen molar-refractivity contribution in [2.75, 3.05) is 13.1 Å². The van der Waals surface area contributed by atoms with Crippen molar-refractivity contribution in [2.24, 2.45) is 5.92 Å². The van der Waals surface area contributed by atoms with Gasteiger partial charge in [-0.05, 0) is 31.2 Å². The van der Waals surface area contributed by atoms with E-state index in [0.29, 0.717) is 12.5 Å². The van der Waals surface area contributed by atoms with Gasteiger partial charge < -0.3 is 9.80 Å². The second kappa shape index (κ2) is 7.16. The van der Waals surface area contributed by atoms with Gasteiger partial charge in [-0.25, -0.2) is 0 Å². The van der Waals surface area contributed by atoms with Gasteiger partial charge in [0.05, 0.1) is 0 Å². The van der Waals surface area contributed by atoms with Crippen LogP contribution in [0.15, 0.2) is 30.3 Å². The van der Waals surface area contributed by atoms with E-state index in [4.69, 9.17) is 0 Å². The van der Waals surface area contributed by atoms with E-state index in [0.717, 1.165) is 12.1 Å². The summed E-state index contributed by atoms with van der Waals surface area (Å²) in [6.07, 6.45) is 6.21. The van der Waals surface area contributed by atoms with Gasteiger partial charge in [-0.2, -0.15) is 0 Å². The minimum Gasteiger partial charge on any atom is -0.329 e. The highest BCUT2D eigenvalue weighted by Crippen LogP contribution is 2.26. The third-order valence-corrected chi connectivity index (χ3v) is 5.18. The van der Waals surface area contributed by atoms with Crippen LogP contribution in [0.1, 0.15) is 44.6 Å². The monoisotopic (exact) mass is 314 g/mol. The Kier molecular flexibility index (Phi) is 4.99. The maximum atomic E-state index is 12.7. The van der Waals surface area contributed by atoms with E-state index in [-0.39, 0.29) is 24.4 Å². The summed E-state index contributed by atoms with van der Waals surface area (Å²) in [6, 6.07) is 9.55. The summed E-state index contributed by atoms with van der Waals surface area (Å²) in [7, 11) is 0. The van der Waals surface area contributed by atoms with Gasteiger partial charge >= 0.3 is 0 Å². The molecule has 0 aromatic heterocycles. The highest BCUT2D eigenvalue weighted by molar-refractivity contribution is 5.94. The molecule has 2 fully saturated rings. The Morgan fingerprint density at radius 2 is 1.74 bits per heavy atom. The largest absolute Gasteiger partial charge is 0.329 e. The summed E-state index contributed by atoms with van der Waals surface area (Å²) >= 11 is 0. The molecule has 4 nitrogen and oxygen atoms in total. The fourth-order valence-corrected chi connectivity index (χ4v) is 3.79. The summed E-state index contributed by atoms with van der Waals surface area (Å²) in [5.74, 6) is 0.742. The third kappa shape index (κ3) is 3.74. The number of rotatable bonds is 4. The van der Waals surface area contributed by atoms with Crippen LogP contribution in [-0.4, -0.2) is 40.7 Å². The second-order valence-corrected chi connectivity index (χ2v) is 6.91. The van der Waals surface area contributed by atoms with E-state index in [1.165, 1.54) is 32.1 Å². The van der Waals surface area contributed by atoms with Gasteiger partial charge in [0.1, 0.15) is 12.6 Å². The Morgan fingerprint density at radius 3 is 2.43 bits per heavy atom. The second-order valence-electron chi connectivity index (χ2n) is 6.91. The molecule has 1 saturated carbocycles. The quantitative estimate of drug-likeness (QED) is 0.857. The lowest BCUT2D eigenvalue weighted by molar-refractivity contribution is -0.156. The molecule has 1 aliphatic heterocycles. The molecule has 3 rings (SSSR count). The molecule has 1 aromatic rings. The van der Waals surface area contributed by atoms with E-state index in [1.807, 2.05) is 42.2 Å². The summed E-state index contributed by atoms with van der Waals surface area (Å²) in [5, 5.41) is 0. The zero-order valence-corrected chi connectivity index (χ0v) is 13.9. The number of amides is 2. The molecule has 0 bridgehead atoms. The van der Waals surface area contributed by atoms with Crippen molar-refractivity contribution >= 4 is 11.8 Å². The molecule has 0 radical (unpaired) electrons. The third-order valence-electron chi connectivity index (χ3n) is 5.18. The first-order valence-corrected chi connectivity index (χ1v) is 8.77. The Balaban J connectivity index is 1.64. The smallest absolute Gasteiger partial charge is 0.245 e. The van der Waals surface area contributed by atoms with Crippen molar-refractivity contribution < 1.29 is 9.59 Å². The van der Waals surface area contributed by atoms with E-state index >= 15 is 0 Å². The Bertz CT molecular complexity index is 552. The molecule has 124 valence electrons. The summed E-state index contributed by atoms with van der Waals surface area (Å²) in [6.45, 7) is 3.36. The Hall–Kier alpha value is -1.84. The first kappa shape index (κ1) is 16.0. The van der Waals surface area contributed by atoms with Gasteiger partial charge in [0.15, 0.2) is 0 Å². The van der Waals surface area contributed by atoms with Crippen molar-refractivity contribution in [1.82, 2.24) is 9.80 Å². The molecule has 1 saturated heterocycles. The average molecular weight is 314 g/mol. The topological polar surface area (TPSA) is 40.6 Å². The number of benzene rings is 1. The molecule has 1 atom stereocenters. The van der Waals surface area contributed by atoms with Gasteiger partial charge in [0, 0.05) is 13.1 Å². The first-order chi connectivity index (χ1) is 11.1. The maximum Gasteiger partial charge on any atom is 0.245 e. The fourth-order valence-electron chi connectivity index (χ4n) is 3.79. The van der Waals surface area contributed by atoms with Crippen molar-refractivity contribution in [3.8, 4) is 0 Å². The standard InChI is InChI=1S/C19H26N2O2/c1-15-19(23)20(12-16-8-4-2-5-9-16)14-18(22)21(15)13-17-10-6-3-7-11-17/h2,4-5,8-9,15,17H,3,6-7,10-14H2,1H3/t15-/m1/s1. The van der Waals surface area contributed by atoms with Crippen molar-refractivity contribution in [1.29, 1.82) is 0 Å². The highest BCUT2D eigenvalue weighted by atomic mass is 16.2. The number of piperazine rings is 1. The number of nitrogens with zero attached hydrogens (tertiary/aromatic N) is 2. The zero-order chi connectivity index (χ0) is 16.2. The molecule has 0 unspecified atom stereocenters. The Labute approximate surface area is 138 Å². The minimum atomic E-state index is -0.332. The maximum absolute atomic E-state index is 12.7. The zero-order valence-electron chi connectivity index (χ0n) is 13.9. The van der Waals surface area contributed by atoms with Gasteiger partial charge in [-0.15, -0.1) is 0 Å². The molecule has 1 heterocycles. The predicted octanol–water partition coefficient (Wildman–Crippen LogP) is 2.83. The normalized spacial score (nSPS) is 23.4. The molecule has 0 N–H and O–H groups in total. The van der Waals surface area contributed by atoms with Crippen LogP contribution in [0.4, 0.5) is 0 Å². The molecular formula is C19H26N2O2. The van der Waals surface area contributed by atoms with Crippen LogP contribution < -0.4 is 0 Å². The molecular weight excluding hydrogens is 288 g/mol. The molecule has 1 aliphatic carbocycles. The highest BCUT2D eigenvalue weighted by Gasteiger charge is 2.37. The molecule has 2 aliphatic rings. The minimum absolute atomic E-state index is 0.0734. The number of hydrogen-bond acceptors (Lipinski definition) is 2. The number of carbonyl (C=O) groups excluding carboxylic acids is 2. The lowest BCUT2D eigenvalue weighted by Gasteiger charge is -2.40. The number of hydrogen-bond donors (Lipinski definition) is 0. The number of carbonyl (C=O) groups is 2. The van der Waals surface area contributed by atoms with E-state index in [1.54, 1.807) is 4.90 Å². The predicted molar refractivity (Wildman–Crippen MR) is 89.6 cm³/mol. The van der Waals surface area contributed by atoms with Crippen molar-refractivity contribution in [2.45, 2.75) is 51.6 Å². The summed E-state index contributed by atoms with van der Waals surface area (Å²) < 4.78 is 0. The van der Waals surface area contributed by atoms with Crippen LogP contribution in [0, 0.1) is 5.92 Å². The summed E-state index contributed by atoms with van der Waals surface area (Å²) in [4.78, 5) is 28.7. The van der Waals surface area contributed by atoms with Crippen molar-refractivity contribution in [3.05, 3.63) is 35.9 Å². The van der Waals surface area contributed by atoms with Gasteiger partial charge in [-0.3, -0.25) is 9.59 Å². The van der Waals surface area contributed by atoms with E-state index in [9.17, 15) is 9.59 Å². The van der Waals surface area contributed by atoms with Crippen LogP contribution >= 0.6 is 0 Å². The fraction of sp³-hybridized carbons (Fsp3) is 0.579. The molecule has 4 heteroatoms. The van der Waals surface area contributed by atoms with Gasteiger partial charge in [0.25, 0.3) is 0 Å². The van der Waals surface area contributed by atoms with Crippen molar-refractivity contribution in [3.63, 3.8) is 0 Å². The van der Waals surface area contributed by atoms with Crippen LogP contribution in [0.25, 0.3) is 0 Å². The van der Waals surface area contributed by atoms with Gasteiger partial charge in [0.2, 0.25) is 11.8 Å².